The first kappa shape index (κ1) is 16.5. The van der Waals surface area contributed by atoms with E-state index in [0.717, 1.165) is 0 Å². The molecule has 0 aromatic heterocycles. The minimum Gasteiger partial charge on any atom is -0.493 e. The van der Waals surface area contributed by atoms with Crippen LogP contribution in [0.2, 0.25) is 0 Å². The lowest BCUT2D eigenvalue weighted by Crippen LogP contribution is -2.11. The van der Waals surface area contributed by atoms with Gasteiger partial charge in [0, 0.05) is 10.0 Å². The van der Waals surface area contributed by atoms with Gasteiger partial charge in [0.05, 0.1) is 19.9 Å². The van der Waals surface area contributed by atoms with Crippen molar-refractivity contribution in [1.82, 2.24) is 0 Å². The molecule has 0 aliphatic heterocycles. The summed E-state index contributed by atoms with van der Waals surface area (Å²) in [4.78, 5) is 0. The van der Waals surface area contributed by atoms with E-state index in [1.807, 2.05) is 12.1 Å². The molecule has 0 amide bonds. The van der Waals surface area contributed by atoms with Gasteiger partial charge in [-0.25, -0.2) is 0 Å². The zero-order valence-corrected chi connectivity index (χ0v) is 14.0. The summed E-state index contributed by atoms with van der Waals surface area (Å²) in [6, 6.07) is 10.6. The number of nitrogens with two attached hydrogens (primary N) is 1. The van der Waals surface area contributed by atoms with Crippen molar-refractivity contribution in [3.05, 3.63) is 46.4 Å². The highest BCUT2D eigenvalue weighted by Gasteiger charge is 2.17. The number of benzene rings is 2. The number of halogens is 1. The zero-order valence-electron chi connectivity index (χ0n) is 12.4. The normalized spacial score (nSPS) is 11.8. The quantitative estimate of drug-likeness (QED) is 0.767. The molecule has 2 rings (SSSR count). The van der Waals surface area contributed by atoms with Crippen molar-refractivity contribution in [3.63, 3.8) is 0 Å². The molecule has 0 saturated heterocycles. The Morgan fingerprint density at radius 2 is 1.73 bits per heavy atom. The fraction of sp³-hybridized carbons (Fsp3) is 0.250. The number of nitrogen functional groups attached to an aromatic ring is 1. The van der Waals surface area contributed by atoms with Gasteiger partial charge in [0.25, 0.3) is 0 Å². The Labute approximate surface area is 137 Å². The molecule has 118 valence electrons. The Balaban J connectivity index is 2.15. The molecule has 0 aliphatic rings. The first-order valence-electron chi connectivity index (χ1n) is 6.63. The summed E-state index contributed by atoms with van der Waals surface area (Å²) in [6.07, 6.45) is -0.839. The molecule has 0 aliphatic carbocycles. The third-order valence-electron chi connectivity index (χ3n) is 3.18. The van der Waals surface area contributed by atoms with E-state index >= 15 is 0 Å². The monoisotopic (exact) mass is 367 g/mol. The Hall–Kier alpha value is -1.92. The minimum absolute atomic E-state index is 0.0717. The van der Waals surface area contributed by atoms with Gasteiger partial charge >= 0.3 is 0 Å². The number of hydrogen-bond acceptors (Lipinski definition) is 5. The van der Waals surface area contributed by atoms with Crippen molar-refractivity contribution < 1.29 is 19.3 Å². The van der Waals surface area contributed by atoms with E-state index in [1.54, 1.807) is 38.5 Å². The molecule has 0 spiro atoms. The summed E-state index contributed by atoms with van der Waals surface area (Å²) in [5.74, 6) is 1.66. The van der Waals surface area contributed by atoms with Crippen LogP contribution < -0.4 is 19.9 Å². The fourth-order valence-electron chi connectivity index (χ4n) is 2.00. The Morgan fingerprint density at radius 1 is 1.09 bits per heavy atom. The van der Waals surface area contributed by atoms with Gasteiger partial charge in [-0.05, 0) is 24.3 Å². The van der Waals surface area contributed by atoms with Crippen LogP contribution in [0, 0.1) is 0 Å². The van der Waals surface area contributed by atoms with Crippen molar-refractivity contribution >= 4 is 21.6 Å². The summed E-state index contributed by atoms with van der Waals surface area (Å²) in [7, 11) is 3.10. The molecule has 0 radical (unpaired) electrons. The van der Waals surface area contributed by atoms with Crippen LogP contribution in [0.5, 0.6) is 17.2 Å². The van der Waals surface area contributed by atoms with E-state index in [9.17, 15) is 5.11 Å². The second-order valence-electron chi connectivity index (χ2n) is 4.59. The highest BCUT2D eigenvalue weighted by Crippen LogP contribution is 2.36. The van der Waals surface area contributed by atoms with Gasteiger partial charge in [0.1, 0.15) is 18.5 Å². The third-order valence-corrected chi connectivity index (χ3v) is 3.86. The van der Waals surface area contributed by atoms with E-state index in [-0.39, 0.29) is 6.61 Å². The molecule has 2 aromatic carbocycles. The highest BCUT2D eigenvalue weighted by molar-refractivity contribution is 9.10. The van der Waals surface area contributed by atoms with Crippen molar-refractivity contribution in [2.24, 2.45) is 0 Å². The van der Waals surface area contributed by atoms with Crippen molar-refractivity contribution in [2.75, 3.05) is 26.6 Å². The molecule has 2 aromatic rings. The third kappa shape index (κ3) is 3.64. The molecule has 0 saturated carbocycles. The number of aliphatic hydroxyl groups is 1. The van der Waals surface area contributed by atoms with Crippen LogP contribution in [0.25, 0.3) is 0 Å². The SMILES string of the molecule is COc1cc(Br)c(C(O)COc2ccccc2N)cc1OC. The largest absolute Gasteiger partial charge is 0.493 e. The molecular weight excluding hydrogens is 350 g/mol. The second-order valence-corrected chi connectivity index (χ2v) is 5.45. The predicted octanol–water partition coefficient (Wildman–Crippen LogP) is 3.16. The molecule has 22 heavy (non-hydrogen) atoms. The number of ether oxygens (including phenoxy) is 3. The van der Waals surface area contributed by atoms with Gasteiger partial charge in [0.15, 0.2) is 11.5 Å². The standard InChI is InChI=1S/C16H18BrNO4/c1-20-15-7-10(11(17)8-16(15)21-2)13(19)9-22-14-6-4-3-5-12(14)18/h3-8,13,19H,9,18H2,1-2H3. The van der Waals surface area contributed by atoms with E-state index in [2.05, 4.69) is 15.9 Å². The lowest BCUT2D eigenvalue weighted by molar-refractivity contribution is 0.108. The molecule has 6 heteroatoms. The molecule has 1 unspecified atom stereocenters. The number of para-hydroxylation sites is 2. The van der Waals surface area contributed by atoms with Gasteiger partial charge in [-0.15, -0.1) is 0 Å². The summed E-state index contributed by atoms with van der Waals surface area (Å²) >= 11 is 3.42. The average molecular weight is 368 g/mol. The summed E-state index contributed by atoms with van der Waals surface area (Å²) < 4.78 is 16.7. The van der Waals surface area contributed by atoms with Gasteiger partial charge in [0.2, 0.25) is 0 Å². The van der Waals surface area contributed by atoms with Crippen LogP contribution in [0.3, 0.4) is 0 Å². The molecular formula is C16H18BrNO4. The Kier molecular flexibility index (Phi) is 5.51. The number of hydrogen-bond donors (Lipinski definition) is 2. The van der Waals surface area contributed by atoms with E-state index in [0.29, 0.717) is 33.0 Å². The van der Waals surface area contributed by atoms with Crippen LogP contribution in [-0.4, -0.2) is 25.9 Å². The fourth-order valence-corrected chi connectivity index (χ4v) is 2.58. The number of anilines is 1. The molecule has 0 bridgehead atoms. The molecule has 0 heterocycles. The highest BCUT2D eigenvalue weighted by atomic mass is 79.9. The van der Waals surface area contributed by atoms with Crippen molar-refractivity contribution in [2.45, 2.75) is 6.10 Å². The lowest BCUT2D eigenvalue weighted by atomic mass is 10.1. The van der Waals surface area contributed by atoms with Gasteiger partial charge in [-0.2, -0.15) is 0 Å². The number of rotatable bonds is 6. The number of aliphatic hydroxyl groups excluding tert-OH is 1. The predicted molar refractivity (Wildman–Crippen MR) is 88.6 cm³/mol. The summed E-state index contributed by atoms with van der Waals surface area (Å²) in [6.45, 7) is 0.0717. The van der Waals surface area contributed by atoms with E-state index in [1.165, 1.54) is 0 Å². The Bertz CT molecular complexity index is 648. The van der Waals surface area contributed by atoms with Crippen LogP contribution in [0.1, 0.15) is 11.7 Å². The zero-order chi connectivity index (χ0) is 16.1. The maximum Gasteiger partial charge on any atom is 0.161 e. The maximum absolute atomic E-state index is 10.3. The van der Waals surface area contributed by atoms with Crippen molar-refractivity contribution in [1.29, 1.82) is 0 Å². The van der Waals surface area contributed by atoms with Crippen LogP contribution in [0.15, 0.2) is 40.9 Å². The van der Waals surface area contributed by atoms with Gasteiger partial charge < -0.3 is 25.1 Å². The van der Waals surface area contributed by atoms with Crippen LogP contribution in [0.4, 0.5) is 5.69 Å². The second kappa shape index (κ2) is 7.38. The average Bonchev–Trinajstić information content (AvgIpc) is 2.53. The van der Waals surface area contributed by atoms with Crippen LogP contribution >= 0.6 is 15.9 Å². The molecule has 3 N–H and O–H groups in total. The summed E-state index contributed by atoms with van der Waals surface area (Å²) in [5, 5.41) is 10.3. The molecule has 0 fully saturated rings. The Morgan fingerprint density at radius 3 is 2.36 bits per heavy atom. The number of methoxy groups -OCH3 is 2. The van der Waals surface area contributed by atoms with Gasteiger partial charge in [-0.3, -0.25) is 0 Å². The van der Waals surface area contributed by atoms with Gasteiger partial charge in [-0.1, -0.05) is 28.1 Å². The molecule has 5 nitrogen and oxygen atoms in total. The first-order valence-corrected chi connectivity index (χ1v) is 7.43. The lowest BCUT2D eigenvalue weighted by Gasteiger charge is -2.17. The summed E-state index contributed by atoms with van der Waals surface area (Å²) in [5.41, 5.74) is 6.98. The van der Waals surface area contributed by atoms with Crippen LogP contribution in [-0.2, 0) is 0 Å². The smallest absolute Gasteiger partial charge is 0.161 e. The minimum atomic E-state index is -0.839. The van der Waals surface area contributed by atoms with Crippen molar-refractivity contribution in [3.8, 4) is 17.2 Å². The topological polar surface area (TPSA) is 73.9 Å². The molecule has 1 atom stereocenters. The maximum atomic E-state index is 10.3. The van der Waals surface area contributed by atoms with E-state index in [4.69, 9.17) is 19.9 Å². The van der Waals surface area contributed by atoms with E-state index < -0.39 is 6.10 Å². The first-order chi connectivity index (χ1) is 10.6.